The summed E-state index contributed by atoms with van der Waals surface area (Å²) in [6, 6.07) is 1.94. The van der Waals surface area contributed by atoms with Crippen molar-refractivity contribution in [1.29, 1.82) is 0 Å². The molecule has 0 aromatic heterocycles. The normalized spacial score (nSPS) is 35.7. The zero-order chi connectivity index (χ0) is 19.5. The van der Waals surface area contributed by atoms with Crippen LogP contribution in [0.3, 0.4) is 0 Å². The van der Waals surface area contributed by atoms with Gasteiger partial charge in [0.05, 0.1) is 6.10 Å². The molecule has 5 heteroatoms. The smallest absolute Gasteiger partial charge is 0.317 e. The fourth-order valence-corrected chi connectivity index (χ4v) is 6.22. The molecule has 4 aliphatic rings. The number of carbonyl (C=O) groups is 1. The Morgan fingerprint density at radius 3 is 2.39 bits per heavy atom. The molecule has 2 aliphatic heterocycles. The van der Waals surface area contributed by atoms with Gasteiger partial charge in [-0.05, 0) is 77.0 Å². The number of rotatable bonds is 5. The third kappa shape index (κ3) is 4.67. The fraction of sp³-hybridized carbons (Fsp3) is 0.957. The number of ether oxygens (including phenoxy) is 1. The Bertz CT molecular complexity index is 510. The average molecular weight is 392 g/mol. The molecule has 0 radical (unpaired) electrons. The van der Waals surface area contributed by atoms with Gasteiger partial charge in [0.1, 0.15) is 0 Å². The van der Waals surface area contributed by atoms with Gasteiger partial charge in [-0.1, -0.05) is 12.8 Å². The van der Waals surface area contributed by atoms with E-state index >= 15 is 0 Å². The van der Waals surface area contributed by atoms with Crippen LogP contribution in [0.25, 0.3) is 0 Å². The summed E-state index contributed by atoms with van der Waals surface area (Å²) in [4.78, 5) is 17.7. The Balaban J connectivity index is 1.25. The van der Waals surface area contributed by atoms with Crippen LogP contribution < -0.4 is 5.32 Å². The second kappa shape index (κ2) is 9.34. The Morgan fingerprint density at radius 2 is 1.68 bits per heavy atom. The minimum Gasteiger partial charge on any atom is -0.379 e. The molecule has 4 fully saturated rings. The Morgan fingerprint density at radius 1 is 0.964 bits per heavy atom. The van der Waals surface area contributed by atoms with E-state index in [9.17, 15) is 4.79 Å². The third-order valence-corrected chi connectivity index (χ3v) is 7.87. The van der Waals surface area contributed by atoms with Crippen LogP contribution in [0.1, 0.15) is 78.1 Å². The third-order valence-electron chi connectivity index (χ3n) is 7.87. The maximum atomic E-state index is 12.7. The van der Waals surface area contributed by atoms with Gasteiger partial charge in [0.25, 0.3) is 0 Å². The summed E-state index contributed by atoms with van der Waals surface area (Å²) in [5.41, 5.74) is 0. The molecule has 2 amide bonds. The van der Waals surface area contributed by atoms with Crippen LogP contribution in [0.2, 0.25) is 0 Å². The van der Waals surface area contributed by atoms with Gasteiger partial charge < -0.3 is 19.9 Å². The lowest BCUT2D eigenvalue weighted by molar-refractivity contribution is 0.0124. The number of amides is 2. The molecule has 0 unspecified atom stereocenters. The van der Waals surface area contributed by atoms with E-state index in [-0.39, 0.29) is 6.03 Å². The van der Waals surface area contributed by atoms with Crippen LogP contribution in [0.4, 0.5) is 4.79 Å². The van der Waals surface area contributed by atoms with E-state index in [2.05, 4.69) is 29.0 Å². The first-order valence-electron chi connectivity index (χ1n) is 12.0. The second-order valence-electron chi connectivity index (χ2n) is 10.0. The Kier molecular flexibility index (Phi) is 6.82. The van der Waals surface area contributed by atoms with Crippen molar-refractivity contribution < 1.29 is 9.53 Å². The molecular formula is C23H41N3O2. The summed E-state index contributed by atoms with van der Waals surface area (Å²) < 4.78 is 5.84. The van der Waals surface area contributed by atoms with E-state index in [0.29, 0.717) is 24.1 Å². The molecule has 4 rings (SSSR count). The van der Waals surface area contributed by atoms with Crippen molar-refractivity contribution in [1.82, 2.24) is 15.1 Å². The van der Waals surface area contributed by atoms with Crippen LogP contribution in [0, 0.1) is 11.8 Å². The topological polar surface area (TPSA) is 44.8 Å². The maximum Gasteiger partial charge on any atom is 0.317 e. The monoisotopic (exact) mass is 391 g/mol. The fourth-order valence-electron chi connectivity index (χ4n) is 6.22. The summed E-state index contributed by atoms with van der Waals surface area (Å²) in [6.07, 6.45) is 13.1. The summed E-state index contributed by atoms with van der Waals surface area (Å²) in [5, 5.41) is 3.19. The van der Waals surface area contributed by atoms with Crippen molar-refractivity contribution >= 4 is 6.03 Å². The summed E-state index contributed by atoms with van der Waals surface area (Å²) in [5.74, 6) is 1.45. The van der Waals surface area contributed by atoms with Crippen LogP contribution in [0.5, 0.6) is 0 Å². The maximum absolute atomic E-state index is 12.7. The average Bonchev–Trinajstić information content (AvgIpc) is 2.73. The molecule has 2 atom stereocenters. The van der Waals surface area contributed by atoms with E-state index in [4.69, 9.17) is 4.74 Å². The van der Waals surface area contributed by atoms with Crippen LogP contribution in [0.15, 0.2) is 0 Å². The summed E-state index contributed by atoms with van der Waals surface area (Å²) >= 11 is 0. The molecule has 0 aromatic rings. The molecule has 2 aliphatic carbocycles. The Labute approximate surface area is 171 Å². The molecule has 2 heterocycles. The molecule has 2 saturated heterocycles. The number of piperidine rings is 1. The quantitative estimate of drug-likeness (QED) is 0.770. The number of hydrogen-bond acceptors (Lipinski definition) is 3. The first-order chi connectivity index (χ1) is 13.6. The van der Waals surface area contributed by atoms with Crippen molar-refractivity contribution in [2.75, 3.05) is 26.2 Å². The zero-order valence-electron chi connectivity index (χ0n) is 18.1. The molecule has 1 N–H and O–H groups in total. The standard InChI is InChI=1S/C23H41N3O2/c1-17(2)28-16-18-7-9-20(10-8-18)25-13-11-21(12-14-25)26-22-6-4-3-5-19(22)15-24-23(26)27/h17-22H,3-16H2,1-2H3,(H,24,27)/t18?,19-,20?,22+/m1/s1. The summed E-state index contributed by atoms with van der Waals surface area (Å²) in [6.45, 7) is 8.46. The number of nitrogens with zero attached hydrogens (tertiary/aromatic N) is 2. The summed E-state index contributed by atoms with van der Waals surface area (Å²) in [7, 11) is 0. The van der Waals surface area contributed by atoms with Gasteiger partial charge in [0, 0.05) is 44.4 Å². The minimum absolute atomic E-state index is 0.215. The number of urea groups is 1. The van der Waals surface area contributed by atoms with Crippen molar-refractivity contribution in [3.8, 4) is 0 Å². The Hall–Kier alpha value is -0.810. The zero-order valence-corrected chi connectivity index (χ0v) is 18.1. The number of fused-ring (bicyclic) bond motifs is 1. The highest BCUT2D eigenvalue weighted by Crippen LogP contribution is 2.35. The first kappa shape index (κ1) is 20.5. The van der Waals surface area contributed by atoms with E-state index in [0.717, 1.165) is 38.0 Å². The number of carbonyl (C=O) groups excluding carboxylic acids is 1. The van der Waals surface area contributed by atoms with Crippen molar-refractivity contribution in [3.63, 3.8) is 0 Å². The highest BCUT2D eigenvalue weighted by molar-refractivity contribution is 5.76. The van der Waals surface area contributed by atoms with Gasteiger partial charge in [-0.25, -0.2) is 4.79 Å². The van der Waals surface area contributed by atoms with E-state index in [1.807, 2.05) is 0 Å². The van der Waals surface area contributed by atoms with Gasteiger partial charge in [-0.2, -0.15) is 0 Å². The highest BCUT2D eigenvalue weighted by Gasteiger charge is 2.41. The number of likely N-dealkylation sites (tertiary alicyclic amines) is 1. The predicted octanol–water partition coefficient (Wildman–Crippen LogP) is 4.02. The van der Waals surface area contributed by atoms with E-state index in [1.54, 1.807) is 0 Å². The molecule has 160 valence electrons. The van der Waals surface area contributed by atoms with Crippen molar-refractivity contribution in [2.24, 2.45) is 11.8 Å². The van der Waals surface area contributed by atoms with Gasteiger partial charge in [-0.15, -0.1) is 0 Å². The lowest BCUT2D eigenvalue weighted by atomic mass is 9.80. The number of hydrogen-bond donors (Lipinski definition) is 1. The highest BCUT2D eigenvalue weighted by atomic mass is 16.5. The van der Waals surface area contributed by atoms with Gasteiger partial charge >= 0.3 is 6.03 Å². The lowest BCUT2D eigenvalue weighted by Gasteiger charge is -2.50. The van der Waals surface area contributed by atoms with Crippen LogP contribution >= 0.6 is 0 Å². The van der Waals surface area contributed by atoms with Crippen LogP contribution in [-0.2, 0) is 4.74 Å². The molecule has 0 aromatic carbocycles. The van der Waals surface area contributed by atoms with Gasteiger partial charge in [0.15, 0.2) is 0 Å². The predicted molar refractivity (Wildman–Crippen MR) is 112 cm³/mol. The second-order valence-corrected chi connectivity index (χ2v) is 10.0. The van der Waals surface area contributed by atoms with E-state index in [1.165, 1.54) is 64.5 Å². The first-order valence-corrected chi connectivity index (χ1v) is 12.0. The SMILES string of the molecule is CC(C)OCC1CCC(N2CCC(N3C(=O)NC[C@H]4CCCC[C@@H]43)CC2)CC1. The molecule has 2 saturated carbocycles. The van der Waals surface area contributed by atoms with Crippen molar-refractivity contribution in [3.05, 3.63) is 0 Å². The van der Waals surface area contributed by atoms with Crippen molar-refractivity contribution in [2.45, 2.75) is 102 Å². The lowest BCUT2D eigenvalue weighted by Crippen LogP contribution is -2.63. The van der Waals surface area contributed by atoms with Crippen LogP contribution in [-0.4, -0.2) is 66.3 Å². The van der Waals surface area contributed by atoms with Gasteiger partial charge in [0.2, 0.25) is 0 Å². The molecule has 5 nitrogen and oxygen atoms in total. The minimum atomic E-state index is 0.215. The largest absolute Gasteiger partial charge is 0.379 e. The van der Waals surface area contributed by atoms with E-state index < -0.39 is 0 Å². The molecule has 0 spiro atoms. The molecule has 0 bridgehead atoms. The molecular weight excluding hydrogens is 350 g/mol. The molecule has 28 heavy (non-hydrogen) atoms. The number of nitrogens with one attached hydrogen (secondary N) is 1. The van der Waals surface area contributed by atoms with Gasteiger partial charge in [-0.3, -0.25) is 0 Å².